The van der Waals surface area contributed by atoms with E-state index in [0.717, 1.165) is 55.7 Å². The molecule has 0 unspecified atom stereocenters. The first-order valence-corrected chi connectivity index (χ1v) is 14.5. The second-order valence-electron chi connectivity index (χ2n) is 11.2. The average molecular weight is 550 g/mol. The first kappa shape index (κ1) is 22.7. The highest BCUT2D eigenvalue weighted by Gasteiger charge is 2.25. The van der Waals surface area contributed by atoms with Gasteiger partial charge in [0.05, 0.1) is 33.1 Å². The lowest BCUT2D eigenvalue weighted by atomic mass is 9.91. The Morgan fingerprint density at radius 2 is 0.884 bits per heavy atom. The Balaban J connectivity index is 1.39. The number of aromatic nitrogens is 5. The largest absolute Gasteiger partial charge is 0.276 e. The number of para-hydroxylation sites is 4. The van der Waals surface area contributed by atoms with E-state index in [0.29, 0.717) is 0 Å². The molecule has 0 aliphatic heterocycles. The van der Waals surface area contributed by atoms with Crippen molar-refractivity contribution in [2.45, 2.75) is 0 Å². The number of fused-ring (bicyclic) bond motifs is 10. The fourth-order valence-electron chi connectivity index (χ4n) is 6.88. The van der Waals surface area contributed by atoms with Crippen LogP contribution < -0.4 is 0 Å². The van der Waals surface area contributed by atoms with Gasteiger partial charge >= 0.3 is 0 Å². The third-order valence-corrected chi connectivity index (χ3v) is 8.78. The number of imidazole rings is 4. The van der Waals surface area contributed by atoms with E-state index in [1.54, 1.807) is 0 Å². The number of rotatable bonds is 3. The third-order valence-electron chi connectivity index (χ3n) is 8.78. The van der Waals surface area contributed by atoms with E-state index in [2.05, 4.69) is 141 Å². The smallest absolute Gasteiger partial charge is 0.223 e. The summed E-state index contributed by atoms with van der Waals surface area (Å²) in [6.45, 7) is 0. The molecule has 0 aliphatic rings. The highest BCUT2D eigenvalue weighted by atomic mass is 15.3. The van der Waals surface area contributed by atoms with Gasteiger partial charge in [-0.15, -0.1) is 0 Å². The Hall–Kier alpha value is -5.94. The number of nitrogens with zero attached hydrogens (tertiary/aromatic N) is 5. The highest BCUT2D eigenvalue weighted by Crippen LogP contribution is 2.41. The number of hydrogen-bond donors (Lipinski definition) is 0. The molecule has 0 radical (unpaired) electrons. The maximum atomic E-state index is 5.12. The van der Waals surface area contributed by atoms with Gasteiger partial charge in [-0.25, -0.2) is 14.4 Å². The fraction of sp³-hybridized carbons (Fsp3) is 0. The van der Waals surface area contributed by atoms with Crippen LogP contribution in [-0.2, 0) is 0 Å². The fourth-order valence-corrected chi connectivity index (χ4v) is 6.88. The van der Waals surface area contributed by atoms with Crippen molar-refractivity contribution < 1.29 is 0 Å². The van der Waals surface area contributed by atoms with Gasteiger partial charge in [0.25, 0.3) is 0 Å². The minimum Gasteiger partial charge on any atom is -0.276 e. The molecule has 5 heteroatoms. The standard InChI is InChI=1S/C38H23N5/c1-3-11-24(12-4-1)26-19-20-28(25-13-5-2-6-14-25)29(21-26)27-22-34-36-35(23-27)42-33-18-10-8-16-31(33)40-38(42)43(36)37-39-30-15-7-9-17-32(30)41(34)37/h1-23H. The molecule has 0 saturated heterocycles. The van der Waals surface area contributed by atoms with Gasteiger partial charge < -0.3 is 0 Å². The van der Waals surface area contributed by atoms with Crippen molar-refractivity contribution in [3.05, 3.63) is 140 Å². The van der Waals surface area contributed by atoms with Crippen LogP contribution in [0.15, 0.2) is 140 Å². The lowest BCUT2D eigenvalue weighted by Gasteiger charge is -2.14. The van der Waals surface area contributed by atoms with Crippen molar-refractivity contribution in [2.75, 3.05) is 0 Å². The molecule has 0 N–H and O–H groups in total. The lowest BCUT2D eigenvalue weighted by molar-refractivity contribution is 1.15. The van der Waals surface area contributed by atoms with Gasteiger partial charge in [0.15, 0.2) is 0 Å². The summed E-state index contributed by atoms with van der Waals surface area (Å²) in [5.74, 6) is 1.76. The maximum Gasteiger partial charge on any atom is 0.223 e. The second kappa shape index (κ2) is 8.30. The molecule has 0 atom stereocenters. The van der Waals surface area contributed by atoms with Crippen LogP contribution in [0.4, 0.5) is 0 Å². The normalized spacial score (nSPS) is 12.2. The van der Waals surface area contributed by atoms with E-state index in [1.807, 2.05) is 12.1 Å². The van der Waals surface area contributed by atoms with Crippen LogP contribution in [0, 0.1) is 0 Å². The first-order chi connectivity index (χ1) is 21.3. The van der Waals surface area contributed by atoms with E-state index in [9.17, 15) is 0 Å². The quantitative estimate of drug-likeness (QED) is 0.220. The molecule has 0 fully saturated rings. The van der Waals surface area contributed by atoms with E-state index in [-0.39, 0.29) is 0 Å². The number of hydrogen-bond acceptors (Lipinski definition) is 2. The van der Waals surface area contributed by atoms with Crippen LogP contribution in [0.5, 0.6) is 0 Å². The molecule has 4 heterocycles. The summed E-state index contributed by atoms with van der Waals surface area (Å²) < 4.78 is 6.82. The highest BCUT2D eigenvalue weighted by molar-refractivity contribution is 6.07. The average Bonchev–Trinajstić information content (AvgIpc) is 3.80. The maximum absolute atomic E-state index is 5.12. The summed E-state index contributed by atoms with van der Waals surface area (Å²) in [4.78, 5) is 10.2. The SMILES string of the molecule is c1ccc(-c2ccc(-c3ccccc3)c(-c3cc4c5c(c3)n3c6ccccc6nc3n5c3nc5ccccc5n43)c2)cc1. The zero-order valence-corrected chi connectivity index (χ0v) is 23.0. The van der Waals surface area contributed by atoms with Gasteiger partial charge in [-0.3, -0.25) is 8.80 Å². The van der Waals surface area contributed by atoms with Gasteiger partial charge in [-0.05, 0) is 75.8 Å². The second-order valence-corrected chi connectivity index (χ2v) is 11.2. The van der Waals surface area contributed by atoms with Crippen molar-refractivity contribution in [1.29, 1.82) is 0 Å². The summed E-state index contributed by atoms with van der Waals surface area (Å²) in [6.07, 6.45) is 0. The topological polar surface area (TPSA) is 39.0 Å². The van der Waals surface area contributed by atoms with Crippen molar-refractivity contribution in [1.82, 2.24) is 23.2 Å². The van der Waals surface area contributed by atoms with Gasteiger partial charge in [-0.1, -0.05) is 97.1 Å². The predicted molar refractivity (Wildman–Crippen MR) is 175 cm³/mol. The molecule has 200 valence electrons. The summed E-state index contributed by atoms with van der Waals surface area (Å²) in [6, 6.07) is 49.6. The molecule has 43 heavy (non-hydrogen) atoms. The molecule has 0 spiro atoms. The number of benzene rings is 6. The van der Waals surface area contributed by atoms with Crippen LogP contribution in [0.1, 0.15) is 0 Å². The van der Waals surface area contributed by atoms with E-state index in [1.165, 1.54) is 27.8 Å². The van der Waals surface area contributed by atoms with Crippen LogP contribution in [0.3, 0.4) is 0 Å². The van der Waals surface area contributed by atoms with Crippen LogP contribution in [-0.4, -0.2) is 23.2 Å². The molecule has 10 rings (SSSR count). The first-order valence-electron chi connectivity index (χ1n) is 14.5. The summed E-state index contributed by atoms with van der Waals surface area (Å²) in [5.41, 5.74) is 14.6. The lowest BCUT2D eigenvalue weighted by Crippen LogP contribution is -1.91. The van der Waals surface area contributed by atoms with Gasteiger partial charge in [0, 0.05) is 0 Å². The van der Waals surface area contributed by atoms with E-state index < -0.39 is 0 Å². The molecule has 0 amide bonds. The van der Waals surface area contributed by atoms with Gasteiger partial charge in [0.2, 0.25) is 11.6 Å². The Morgan fingerprint density at radius 3 is 1.49 bits per heavy atom. The third kappa shape index (κ3) is 3.05. The van der Waals surface area contributed by atoms with Crippen LogP contribution >= 0.6 is 0 Å². The minimum atomic E-state index is 0.880. The Labute approximate surface area is 245 Å². The van der Waals surface area contributed by atoms with Crippen molar-refractivity contribution in [2.24, 2.45) is 0 Å². The Morgan fingerprint density at radius 1 is 0.349 bits per heavy atom. The van der Waals surface area contributed by atoms with Crippen LogP contribution in [0.25, 0.3) is 83.6 Å². The zero-order chi connectivity index (χ0) is 28.1. The summed E-state index contributed by atoms with van der Waals surface area (Å²) >= 11 is 0. The molecule has 0 saturated carbocycles. The molecular weight excluding hydrogens is 526 g/mol. The monoisotopic (exact) mass is 549 g/mol. The molecule has 4 aromatic heterocycles. The predicted octanol–water partition coefficient (Wildman–Crippen LogP) is 9.13. The molecule has 0 bridgehead atoms. The zero-order valence-electron chi connectivity index (χ0n) is 23.0. The summed E-state index contributed by atoms with van der Waals surface area (Å²) in [7, 11) is 0. The van der Waals surface area contributed by atoms with Gasteiger partial charge in [0.1, 0.15) is 5.52 Å². The Bertz CT molecular complexity index is 2540. The van der Waals surface area contributed by atoms with Crippen molar-refractivity contribution in [3.8, 4) is 33.4 Å². The minimum absolute atomic E-state index is 0.880. The molecule has 5 nitrogen and oxygen atoms in total. The van der Waals surface area contributed by atoms with Crippen molar-refractivity contribution in [3.63, 3.8) is 0 Å². The Kier molecular flexibility index (Phi) is 4.39. The van der Waals surface area contributed by atoms with Crippen molar-refractivity contribution >= 4 is 50.2 Å². The van der Waals surface area contributed by atoms with E-state index >= 15 is 0 Å². The summed E-state index contributed by atoms with van der Waals surface area (Å²) in [5, 5.41) is 0. The molecule has 6 aromatic carbocycles. The molecule has 10 aromatic rings. The van der Waals surface area contributed by atoms with Crippen LogP contribution in [0.2, 0.25) is 0 Å². The molecular formula is C38H23N5. The van der Waals surface area contributed by atoms with Gasteiger partial charge in [-0.2, -0.15) is 0 Å². The van der Waals surface area contributed by atoms with E-state index in [4.69, 9.17) is 9.97 Å². The molecule has 0 aliphatic carbocycles.